The molecule has 0 saturated carbocycles. The molecule has 1 N–H and O–H groups in total. The van der Waals surface area contributed by atoms with Gasteiger partial charge in [-0.15, -0.1) is 0 Å². The summed E-state index contributed by atoms with van der Waals surface area (Å²) in [6, 6.07) is 3.18. The van der Waals surface area contributed by atoms with Gasteiger partial charge in [0.2, 0.25) is 0 Å². The van der Waals surface area contributed by atoms with Crippen molar-refractivity contribution in [2.45, 2.75) is 19.4 Å². The lowest BCUT2D eigenvalue weighted by Crippen LogP contribution is -2.51. The van der Waals surface area contributed by atoms with Gasteiger partial charge >= 0.3 is 5.97 Å². The minimum atomic E-state index is -1.52. The molecular weight excluding hydrogens is 244 g/mol. The monoisotopic (exact) mass is 257 g/mol. The van der Waals surface area contributed by atoms with Crippen LogP contribution in [0.5, 0.6) is 0 Å². The molecule has 1 aromatic rings. The van der Waals surface area contributed by atoms with Gasteiger partial charge < -0.3 is 10.0 Å². The molecule has 0 aliphatic rings. The van der Waals surface area contributed by atoms with Crippen LogP contribution in [0, 0.1) is 11.6 Å². The fourth-order valence-corrected chi connectivity index (χ4v) is 1.25. The number of rotatable bonds is 3. The molecule has 0 atom stereocenters. The van der Waals surface area contributed by atoms with Crippen molar-refractivity contribution in [3.05, 3.63) is 35.4 Å². The summed E-state index contributed by atoms with van der Waals surface area (Å²) in [4.78, 5) is 23.8. The molecule has 0 aliphatic carbocycles. The van der Waals surface area contributed by atoms with E-state index in [9.17, 15) is 18.4 Å². The van der Waals surface area contributed by atoms with Crippen LogP contribution in [0.25, 0.3) is 0 Å². The first-order valence-corrected chi connectivity index (χ1v) is 5.15. The van der Waals surface area contributed by atoms with Gasteiger partial charge in [0.05, 0.1) is 5.56 Å². The minimum absolute atomic E-state index is 0.494. The molecule has 18 heavy (non-hydrogen) atoms. The van der Waals surface area contributed by atoms with Crippen molar-refractivity contribution in [1.29, 1.82) is 0 Å². The van der Waals surface area contributed by atoms with E-state index in [-0.39, 0.29) is 0 Å². The summed E-state index contributed by atoms with van der Waals surface area (Å²) in [6.45, 7) is 2.59. The third-order valence-electron chi connectivity index (χ3n) is 2.85. The van der Waals surface area contributed by atoms with Gasteiger partial charge in [0, 0.05) is 7.05 Å². The summed E-state index contributed by atoms with van der Waals surface area (Å²) in [6.07, 6.45) is 0. The first-order valence-electron chi connectivity index (χ1n) is 5.15. The molecule has 1 amide bonds. The molecule has 0 spiro atoms. The van der Waals surface area contributed by atoms with Crippen molar-refractivity contribution in [2.75, 3.05) is 7.05 Å². The Kier molecular flexibility index (Phi) is 3.69. The number of benzene rings is 1. The van der Waals surface area contributed by atoms with Crippen LogP contribution in [0.1, 0.15) is 24.2 Å². The summed E-state index contributed by atoms with van der Waals surface area (Å²) in [5.74, 6) is -4.56. The predicted octanol–water partition coefficient (Wildman–Crippen LogP) is 1.90. The molecule has 0 saturated heterocycles. The summed E-state index contributed by atoms with van der Waals surface area (Å²) in [7, 11) is 1.22. The number of hydrogen-bond acceptors (Lipinski definition) is 2. The molecule has 4 nitrogen and oxygen atoms in total. The van der Waals surface area contributed by atoms with E-state index >= 15 is 0 Å². The number of halogens is 2. The Morgan fingerprint density at radius 3 is 2.33 bits per heavy atom. The molecule has 0 heterocycles. The van der Waals surface area contributed by atoms with Gasteiger partial charge in [0.25, 0.3) is 5.91 Å². The van der Waals surface area contributed by atoms with E-state index in [1.165, 1.54) is 27.0 Å². The summed E-state index contributed by atoms with van der Waals surface area (Å²) < 4.78 is 26.4. The van der Waals surface area contributed by atoms with E-state index in [0.717, 1.165) is 17.0 Å². The third-order valence-corrected chi connectivity index (χ3v) is 2.85. The van der Waals surface area contributed by atoms with Crippen LogP contribution in [0.3, 0.4) is 0 Å². The maximum Gasteiger partial charge on any atom is 0.329 e. The quantitative estimate of drug-likeness (QED) is 0.899. The molecule has 0 aliphatic heterocycles. The van der Waals surface area contributed by atoms with Gasteiger partial charge in [0.1, 0.15) is 5.54 Å². The number of hydrogen-bond donors (Lipinski definition) is 1. The highest BCUT2D eigenvalue weighted by Crippen LogP contribution is 2.19. The molecule has 0 aromatic heterocycles. The van der Waals surface area contributed by atoms with Crippen LogP contribution in [0.4, 0.5) is 8.78 Å². The van der Waals surface area contributed by atoms with Crippen molar-refractivity contribution in [1.82, 2.24) is 4.90 Å². The topological polar surface area (TPSA) is 57.6 Å². The highest BCUT2D eigenvalue weighted by Gasteiger charge is 2.36. The molecule has 1 rings (SSSR count). The zero-order chi connectivity index (χ0) is 14.1. The van der Waals surface area contributed by atoms with Crippen LogP contribution in [0.2, 0.25) is 0 Å². The third kappa shape index (κ3) is 2.32. The largest absolute Gasteiger partial charge is 0.480 e. The zero-order valence-electron chi connectivity index (χ0n) is 10.2. The summed E-state index contributed by atoms with van der Waals surface area (Å²) >= 11 is 0. The van der Waals surface area contributed by atoms with Crippen LogP contribution in [-0.2, 0) is 4.79 Å². The maximum absolute atomic E-state index is 13.4. The van der Waals surface area contributed by atoms with Crippen LogP contribution in [0.15, 0.2) is 18.2 Å². The number of likely N-dealkylation sites (N-methyl/N-ethyl adjacent to an activating group) is 1. The van der Waals surface area contributed by atoms with E-state index in [1.54, 1.807) is 0 Å². The normalized spacial score (nSPS) is 11.2. The molecule has 0 fully saturated rings. The van der Waals surface area contributed by atoms with E-state index in [2.05, 4.69) is 0 Å². The SMILES string of the molecule is CN(C(=O)c1cccc(F)c1F)C(C)(C)C(=O)O. The smallest absolute Gasteiger partial charge is 0.329 e. The first-order chi connectivity index (χ1) is 8.19. The molecule has 1 aromatic carbocycles. The average Bonchev–Trinajstić information content (AvgIpc) is 2.30. The van der Waals surface area contributed by atoms with Crippen molar-refractivity contribution in [3.8, 4) is 0 Å². The number of carboxylic acids is 1. The maximum atomic E-state index is 13.4. The minimum Gasteiger partial charge on any atom is -0.480 e. The second-order valence-electron chi connectivity index (χ2n) is 4.33. The van der Waals surface area contributed by atoms with E-state index in [0.29, 0.717) is 0 Å². The highest BCUT2D eigenvalue weighted by molar-refractivity contribution is 5.97. The Balaban J connectivity index is 3.16. The van der Waals surface area contributed by atoms with E-state index < -0.39 is 34.6 Å². The van der Waals surface area contributed by atoms with Gasteiger partial charge in [0.15, 0.2) is 11.6 Å². The van der Waals surface area contributed by atoms with Crippen LogP contribution >= 0.6 is 0 Å². The Morgan fingerprint density at radius 2 is 1.83 bits per heavy atom. The Bertz CT molecular complexity index is 500. The number of aliphatic carboxylic acids is 1. The molecule has 6 heteroatoms. The van der Waals surface area contributed by atoms with Crippen molar-refractivity contribution >= 4 is 11.9 Å². The second-order valence-corrected chi connectivity index (χ2v) is 4.33. The van der Waals surface area contributed by atoms with E-state index in [4.69, 9.17) is 5.11 Å². The average molecular weight is 257 g/mol. The zero-order valence-corrected chi connectivity index (χ0v) is 10.2. The van der Waals surface area contributed by atoms with Gasteiger partial charge in [-0.2, -0.15) is 0 Å². The number of nitrogens with zero attached hydrogens (tertiary/aromatic N) is 1. The van der Waals surface area contributed by atoms with Crippen molar-refractivity contribution in [3.63, 3.8) is 0 Å². The highest BCUT2D eigenvalue weighted by atomic mass is 19.2. The Hall–Kier alpha value is -1.98. The molecule has 0 unspecified atom stereocenters. The van der Waals surface area contributed by atoms with E-state index in [1.807, 2.05) is 0 Å². The lowest BCUT2D eigenvalue weighted by atomic mass is 10.0. The number of amides is 1. The molecule has 98 valence electrons. The standard InChI is InChI=1S/C12H13F2NO3/c1-12(2,11(17)18)15(3)10(16)7-5-4-6-8(13)9(7)14/h4-6H,1-3H3,(H,17,18). The molecule has 0 radical (unpaired) electrons. The van der Waals surface area contributed by atoms with Crippen molar-refractivity contribution < 1.29 is 23.5 Å². The lowest BCUT2D eigenvalue weighted by Gasteiger charge is -2.31. The van der Waals surface area contributed by atoms with Gasteiger partial charge in [-0.25, -0.2) is 13.6 Å². The Labute approximate surface area is 103 Å². The molecular formula is C12H13F2NO3. The lowest BCUT2D eigenvalue weighted by molar-refractivity contribution is -0.147. The predicted molar refractivity (Wildman–Crippen MR) is 60.2 cm³/mol. The number of carboxylic acid groups (broad SMARTS) is 1. The van der Waals surface area contributed by atoms with Crippen molar-refractivity contribution in [2.24, 2.45) is 0 Å². The summed E-state index contributed by atoms with van der Waals surface area (Å²) in [5, 5.41) is 8.97. The fraction of sp³-hybridized carbons (Fsp3) is 0.333. The van der Waals surface area contributed by atoms with Gasteiger partial charge in [-0.1, -0.05) is 6.07 Å². The number of carbonyl (C=O) groups is 2. The van der Waals surface area contributed by atoms with Crippen LogP contribution < -0.4 is 0 Å². The Morgan fingerprint density at radius 1 is 1.28 bits per heavy atom. The second kappa shape index (κ2) is 4.72. The number of carbonyl (C=O) groups excluding carboxylic acids is 1. The van der Waals surface area contributed by atoms with Crippen LogP contribution in [-0.4, -0.2) is 34.5 Å². The van der Waals surface area contributed by atoms with Gasteiger partial charge in [-0.05, 0) is 26.0 Å². The molecule has 0 bridgehead atoms. The fourth-order valence-electron chi connectivity index (χ4n) is 1.25. The first kappa shape index (κ1) is 14.1. The summed E-state index contributed by atoms with van der Waals surface area (Å²) in [5.41, 5.74) is -2.01. The van der Waals surface area contributed by atoms with Gasteiger partial charge in [-0.3, -0.25) is 4.79 Å².